The topological polar surface area (TPSA) is 78.9 Å². The summed E-state index contributed by atoms with van der Waals surface area (Å²) >= 11 is 0. The van der Waals surface area contributed by atoms with E-state index in [2.05, 4.69) is 69.4 Å². The number of allylic oxidation sites excluding steroid dienone is 8. The largest absolute Gasteiger partial charge is 0.462 e. The molecule has 0 bridgehead atoms. The van der Waals surface area contributed by atoms with E-state index in [0.29, 0.717) is 19.3 Å². The zero-order chi connectivity index (χ0) is 54.3. The standard InChI is InChI=1S/C69H126O6/c1-4-7-10-13-16-19-22-25-27-29-31-32-33-34-35-36-38-39-41-44-47-50-53-56-59-62-68(71)74-65-66(64-73-67(70)61-58-55-52-49-46-43-24-21-18-15-12-9-6-3)75-69(72)63-60-57-54-51-48-45-42-40-37-30-28-26-23-20-17-14-11-8-5-2/h9,12,18,21,26,28,43,46,66H,4-8,10-11,13-17,19-20,22-25,27,29-42,44-45,47-65H2,1-3H3/b12-9-,21-18-,28-26-,46-43-. The van der Waals surface area contributed by atoms with E-state index in [4.69, 9.17) is 14.2 Å². The maximum Gasteiger partial charge on any atom is 0.306 e. The highest BCUT2D eigenvalue weighted by Crippen LogP contribution is 2.18. The van der Waals surface area contributed by atoms with E-state index >= 15 is 0 Å². The van der Waals surface area contributed by atoms with Crippen LogP contribution in [0.3, 0.4) is 0 Å². The number of carbonyl (C=O) groups is 3. The fourth-order valence-corrected chi connectivity index (χ4v) is 9.87. The van der Waals surface area contributed by atoms with Gasteiger partial charge in [-0.3, -0.25) is 14.4 Å². The highest BCUT2D eigenvalue weighted by Gasteiger charge is 2.19. The van der Waals surface area contributed by atoms with Gasteiger partial charge in [0.2, 0.25) is 0 Å². The molecule has 0 aromatic heterocycles. The highest BCUT2D eigenvalue weighted by atomic mass is 16.6. The molecule has 0 amide bonds. The maximum absolute atomic E-state index is 12.9. The minimum absolute atomic E-state index is 0.0796. The first-order valence-electron chi connectivity index (χ1n) is 33.1. The molecule has 0 spiro atoms. The number of ether oxygens (including phenoxy) is 3. The quantitative estimate of drug-likeness (QED) is 0.0261. The molecule has 1 unspecified atom stereocenters. The third-order valence-electron chi connectivity index (χ3n) is 14.8. The number of esters is 3. The fraction of sp³-hybridized carbons (Fsp3) is 0.841. The molecular formula is C69H126O6. The lowest BCUT2D eigenvalue weighted by Gasteiger charge is -2.18. The van der Waals surface area contributed by atoms with E-state index in [9.17, 15) is 14.4 Å². The molecule has 0 rings (SSSR count). The third-order valence-corrected chi connectivity index (χ3v) is 14.8. The van der Waals surface area contributed by atoms with Crippen molar-refractivity contribution in [3.8, 4) is 0 Å². The summed E-state index contributed by atoms with van der Waals surface area (Å²) < 4.78 is 16.9. The van der Waals surface area contributed by atoms with Crippen molar-refractivity contribution in [2.45, 2.75) is 361 Å². The molecule has 0 saturated heterocycles. The Morgan fingerprint density at radius 3 is 0.840 bits per heavy atom. The Morgan fingerprint density at radius 1 is 0.280 bits per heavy atom. The van der Waals surface area contributed by atoms with Crippen molar-refractivity contribution >= 4 is 17.9 Å². The Morgan fingerprint density at radius 2 is 0.520 bits per heavy atom. The Balaban J connectivity index is 4.25. The van der Waals surface area contributed by atoms with Crippen molar-refractivity contribution in [1.82, 2.24) is 0 Å². The Bertz CT molecular complexity index is 1300. The van der Waals surface area contributed by atoms with Crippen molar-refractivity contribution in [2.75, 3.05) is 13.2 Å². The minimum Gasteiger partial charge on any atom is -0.462 e. The summed E-state index contributed by atoms with van der Waals surface area (Å²) in [5, 5.41) is 0. The summed E-state index contributed by atoms with van der Waals surface area (Å²) in [7, 11) is 0. The Hall–Kier alpha value is -2.63. The first-order chi connectivity index (χ1) is 37.0. The number of hydrogen-bond donors (Lipinski definition) is 0. The molecule has 0 radical (unpaired) electrons. The average molecular weight is 1050 g/mol. The van der Waals surface area contributed by atoms with Gasteiger partial charge in [-0.2, -0.15) is 0 Å². The summed E-state index contributed by atoms with van der Waals surface area (Å²) in [5.41, 5.74) is 0. The molecule has 75 heavy (non-hydrogen) atoms. The van der Waals surface area contributed by atoms with Crippen LogP contribution in [0.15, 0.2) is 48.6 Å². The van der Waals surface area contributed by atoms with Crippen LogP contribution in [-0.2, 0) is 28.6 Å². The zero-order valence-corrected chi connectivity index (χ0v) is 50.3. The van der Waals surface area contributed by atoms with Gasteiger partial charge < -0.3 is 14.2 Å². The average Bonchev–Trinajstić information content (AvgIpc) is 3.41. The molecule has 0 aliphatic heterocycles. The van der Waals surface area contributed by atoms with Gasteiger partial charge in [0.15, 0.2) is 6.10 Å². The predicted octanol–water partition coefficient (Wildman–Crippen LogP) is 22.6. The summed E-state index contributed by atoms with van der Waals surface area (Å²) in [6.07, 6.45) is 80.0. The summed E-state index contributed by atoms with van der Waals surface area (Å²) in [6.45, 7) is 6.55. The first-order valence-corrected chi connectivity index (χ1v) is 33.1. The SMILES string of the molecule is CC/C=C\C/C=C\C/C=C\CCCCCC(=O)OCC(COC(=O)CCCCCCCCCCCCCCCCCCCCCCCCCCC)OC(=O)CCCCCCCCCCC/C=C\CCCCCCCC. The van der Waals surface area contributed by atoms with E-state index in [1.165, 1.54) is 231 Å². The molecule has 6 nitrogen and oxygen atoms in total. The summed E-state index contributed by atoms with van der Waals surface area (Å²) in [6, 6.07) is 0. The van der Waals surface area contributed by atoms with E-state index in [0.717, 1.165) is 83.5 Å². The van der Waals surface area contributed by atoms with Gasteiger partial charge in [0.05, 0.1) is 0 Å². The van der Waals surface area contributed by atoms with Gasteiger partial charge in [-0.15, -0.1) is 0 Å². The van der Waals surface area contributed by atoms with Crippen molar-refractivity contribution in [3.05, 3.63) is 48.6 Å². The van der Waals surface area contributed by atoms with Gasteiger partial charge in [0, 0.05) is 19.3 Å². The smallest absolute Gasteiger partial charge is 0.306 e. The van der Waals surface area contributed by atoms with Crippen molar-refractivity contribution in [2.24, 2.45) is 0 Å². The van der Waals surface area contributed by atoms with Crippen LogP contribution in [0.4, 0.5) is 0 Å². The third kappa shape index (κ3) is 62.1. The van der Waals surface area contributed by atoms with Crippen molar-refractivity contribution in [3.63, 3.8) is 0 Å². The van der Waals surface area contributed by atoms with Crippen LogP contribution < -0.4 is 0 Å². The van der Waals surface area contributed by atoms with E-state index in [-0.39, 0.29) is 31.1 Å². The monoisotopic (exact) mass is 1050 g/mol. The van der Waals surface area contributed by atoms with Gasteiger partial charge >= 0.3 is 17.9 Å². The highest BCUT2D eigenvalue weighted by molar-refractivity contribution is 5.71. The van der Waals surface area contributed by atoms with Crippen LogP contribution in [0.5, 0.6) is 0 Å². The summed E-state index contributed by atoms with van der Waals surface area (Å²) in [4.78, 5) is 38.3. The van der Waals surface area contributed by atoms with E-state index < -0.39 is 6.10 Å². The summed E-state index contributed by atoms with van der Waals surface area (Å²) in [5.74, 6) is -0.891. The van der Waals surface area contributed by atoms with Gasteiger partial charge in [0.1, 0.15) is 13.2 Å². The van der Waals surface area contributed by atoms with Crippen LogP contribution in [-0.4, -0.2) is 37.2 Å². The molecular weight excluding hydrogens is 925 g/mol. The first kappa shape index (κ1) is 72.4. The predicted molar refractivity (Wildman–Crippen MR) is 325 cm³/mol. The van der Waals surface area contributed by atoms with Crippen LogP contribution in [0.25, 0.3) is 0 Å². The molecule has 0 aliphatic carbocycles. The van der Waals surface area contributed by atoms with Crippen LogP contribution in [0, 0.1) is 0 Å². The van der Waals surface area contributed by atoms with Crippen LogP contribution >= 0.6 is 0 Å². The maximum atomic E-state index is 12.9. The van der Waals surface area contributed by atoms with E-state index in [1.54, 1.807) is 0 Å². The zero-order valence-electron chi connectivity index (χ0n) is 50.3. The van der Waals surface area contributed by atoms with Gasteiger partial charge in [-0.25, -0.2) is 0 Å². The molecule has 0 fully saturated rings. The van der Waals surface area contributed by atoms with Gasteiger partial charge in [0.25, 0.3) is 0 Å². The normalized spacial score (nSPS) is 12.3. The molecule has 6 heteroatoms. The van der Waals surface area contributed by atoms with Gasteiger partial charge in [-0.05, 0) is 77.0 Å². The second kappa shape index (κ2) is 63.9. The second-order valence-corrected chi connectivity index (χ2v) is 22.4. The lowest BCUT2D eigenvalue weighted by molar-refractivity contribution is -0.167. The lowest BCUT2D eigenvalue weighted by atomic mass is 10.0. The molecule has 0 heterocycles. The number of hydrogen-bond acceptors (Lipinski definition) is 6. The number of rotatable bonds is 61. The van der Waals surface area contributed by atoms with Crippen LogP contribution in [0.1, 0.15) is 355 Å². The molecule has 438 valence electrons. The number of carbonyl (C=O) groups excluding carboxylic acids is 3. The van der Waals surface area contributed by atoms with E-state index in [1.807, 2.05) is 0 Å². The molecule has 1 atom stereocenters. The molecule has 0 N–H and O–H groups in total. The molecule has 0 aromatic carbocycles. The lowest BCUT2D eigenvalue weighted by Crippen LogP contribution is -2.30. The molecule has 0 saturated carbocycles. The van der Waals surface area contributed by atoms with Crippen molar-refractivity contribution in [1.29, 1.82) is 0 Å². The molecule has 0 aromatic rings. The second-order valence-electron chi connectivity index (χ2n) is 22.4. The van der Waals surface area contributed by atoms with Gasteiger partial charge in [-0.1, -0.05) is 307 Å². The Kier molecular flexibility index (Phi) is 61.7. The van der Waals surface area contributed by atoms with Crippen LogP contribution in [0.2, 0.25) is 0 Å². The Labute approximate surface area is 467 Å². The molecule has 0 aliphatic rings. The van der Waals surface area contributed by atoms with Crippen molar-refractivity contribution < 1.29 is 28.6 Å². The fourth-order valence-electron chi connectivity index (χ4n) is 9.87. The number of unbranched alkanes of at least 4 members (excludes halogenated alkanes) is 42. The minimum atomic E-state index is -0.785.